The van der Waals surface area contributed by atoms with Crippen LogP contribution in [0.4, 0.5) is 0 Å². The minimum absolute atomic E-state index is 0.699. The van der Waals surface area contributed by atoms with E-state index in [9.17, 15) is 0 Å². The second-order valence-electron chi connectivity index (χ2n) is 3.33. The van der Waals surface area contributed by atoms with Crippen molar-refractivity contribution >= 4 is 0 Å². The molecular weight excluding hydrogens is 124 g/mol. The fourth-order valence-corrected chi connectivity index (χ4v) is 1.44. The summed E-state index contributed by atoms with van der Waals surface area (Å²) in [7, 11) is 2.04. The highest BCUT2D eigenvalue weighted by molar-refractivity contribution is 4.74. The third-order valence-corrected chi connectivity index (χ3v) is 2.30. The number of nitrogens with one attached hydrogen (secondary N) is 2. The second-order valence-corrected chi connectivity index (χ2v) is 3.33. The molecule has 1 heterocycles. The Morgan fingerprint density at radius 3 is 2.80 bits per heavy atom. The zero-order valence-electron chi connectivity index (χ0n) is 6.98. The van der Waals surface area contributed by atoms with E-state index in [4.69, 9.17) is 0 Å². The summed E-state index contributed by atoms with van der Waals surface area (Å²) in [5.41, 5.74) is 0. The van der Waals surface area contributed by atoms with Gasteiger partial charge in [0.15, 0.2) is 0 Å². The first kappa shape index (κ1) is 8.02. The Labute approximate surface area is 63.4 Å². The van der Waals surface area contributed by atoms with Gasteiger partial charge in [0.1, 0.15) is 0 Å². The van der Waals surface area contributed by atoms with Crippen LogP contribution >= 0.6 is 0 Å². The first-order chi connectivity index (χ1) is 4.83. The average molecular weight is 142 g/mol. The van der Waals surface area contributed by atoms with Gasteiger partial charge >= 0.3 is 0 Å². The molecule has 0 aromatic rings. The van der Waals surface area contributed by atoms with Crippen LogP contribution in [0.3, 0.4) is 0 Å². The maximum absolute atomic E-state index is 3.44. The molecule has 1 unspecified atom stereocenters. The summed E-state index contributed by atoms with van der Waals surface area (Å²) in [6.45, 7) is 4.64. The van der Waals surface area contributed by atoms with Gasteiger partial charge in [-0.3, -0.25) is 0 Å². The number of hydrogen-bond acceptors (Lipinski definition) is 2. The zero-order chi connectivity index (χ0) is 7.40. The molecular formula is C8H18N2. The molecule has 1 fully saturated rings. The van der Waals surface area contributed by atoms with E-state index >= 15 is 0 Å². The molecule has 1 aliphatic heterocycles. The lowest BCUT2D eigenvalue weighted by atomic mass is 10.0. The summed E-state index contributed by atoms with van der Waals surface area (Å²) in [6.07, 6.45) is 2.68. The molecule has 0 aliphatic carbocycles. The first-order valence-electron chi connectivity index (χ1n) is 4.21. The van der Waals surface area contributed by atoms with E-state index < -0.39 is 0 Å². The monoisotopic (exact) mass is 142 g/mol. The summed E-state index contributed by atoms with van der Waals surface area (Å²) in [5, 5.41) is 6.74. The van der Waals surface area contributed by atoms with Gasteiger partial charge in [-0.2, -0.15) is 0 Å². The quantitative estimate of drug-likeness (QED) is 0.560. The fraction of sp³-hybridized carbons (Fsp3) is 1.00. The van der Waals surface area contributed by atoms with Crippen LogP contribution in [0, 0.1) is 5.92 Å². The summed E-state index contributed by atoms with van der Waals surface area (Å²) in [6, 6.07) is 0.699. The Morgan fingerprint density at radius 2 is 2.10 bits per heavy atom. The highest BCUT2D eigenvalue weighted by Crippen LogP contribution is 2.09. The summed E-state index contributed by atoms with van der Waals surface area (Å²) < 4.78 is 0. The van der Waals surface area contributed by atoms with Crippen LogP contribution in [-0.4, -0.2) is 26.2 Å². The molecule has 1 saturated heterocycles. The van der Waals surface area contributed by atoms with Gasteiger partial charge in [-0.15, -0.1) is 0 Å². The van der Waals surface area contributed by atoms with Crippen LogP contribution in [0.1, 0.15) is 19.8 Å². The molecule has 0 amide bonds. The standard InChI is InChI=1S/C8H18N2/c1-7-3-4-8(9-2)6-10-5-7/h7-10H,3-6H2,1-2H3/t7-,8?/m0/s1. The van der Waals surface area contributed by atoms with Crippen LogP contribution in [0.2, 0.25) is 0 Å². The first-order valence-corrected chi connectivity index (χ1v) is 4.21. The molecule has 2 N–H and O–H groups in total. The molecule has 1 aliphatic rings. The molecule has 0 bridgehead atoms. The highest BCUT2D eigenvalue weighted by Gasteiger charge is 2.12. The minimum atomic E-state index is 0.699. The fourth-order valence-electron chi connectivity index (χ4n) is 1.44. The Kier molecular flexibility index (Phi) is 3.16. The van der Waals surface area contributed by atoms with Gasteiger partial charge in [0.05, 0.1) is 0 Å². The third-order valence-electron chi connectivity index (χ3n) is 2.30. The molecule has 0 radical (unpaired) electrons. The van der Waals surface area contributed by atoms with E-state index in [1.165, 1.54) is 19.4 Å². The van der Waals surface area contributed by atoms with Crippen molar-refractivity contribution in [2.45, 2.75) is 25.8 Å². The molecule has 1 rings (SSSR count). The summed E-state index contributed by atoms with van der Waals surface area (Å²) >= 11 is 0. The molecule has 0 aromatic carbocycles. The normalized spacial score (nSPS) is 35.4. The maximum Gasteiger partial charge on any atom is 0.0189 e. The second kappa shape index (κ2) is 3.94. The van der Waals surface area contributed by atoms with Crippen LogP contribution < -0.4 is 10.6 Å². The van der Waals surface area contributed by atoms with E-state index in [-0.39, 0.29) is 0 Å². The van der Waals surface area contributed by atoms with E-state index in [0.29, 0.717) is 6.04 Å². The largest absolute Gasteiger partial charge is 0.316 e. The summed E-state index contributed by atoms with van der Waals surface area (Å²) in [4.78, 5) is 0. The van der Waals surface area contributed by atoms with Gasteiger partial charge in [0.25, 0.3) is 0 Å². The van der Waals surface area contributed by atoms with Gasteiger partial charge in [-0.25, -0.2) is 0 Å². The van der Waals surface area contributed by atoms with Crippen molar-refractivity contribution in [1.82, 2.24) is 10.6 Å². The molecule has 0 aromatic heterocycles. The van der Waals surface area contributed by atoms with E-state index in [1.54, 1.807) is 0 Å². The van der Waals surface area contributed by atoms with Gasteiger partial charge in [0, 0.05) is 12.6 Å². The van der Waals surface area contributed by atoms with Crippen molar-refractivity contribution in [3.05, 3.63) is 0 Å². The molecule has 2 nitrogen and oxygen atoms in total. The Morgan fingerprint density at radius 1 is 1.30 bits per heavy atom. The predicted molar refractivity (Wildman–Crippen MR) is 44.1 cm³/mol. The van der Waals surface area contributed by atoms with Gasteiger partial charge < -0.3 is 10.6 Å². The van der Waals surface area contributed by atoms with Gasteiger partial charge in [-0.1, -0.05) is 6.92 Å². The lowest BCUT2D eigenvalue weighted by Gasteiger charge is -2.11. The predicted octanol–water partition coefficient (Wildman–Crippen LogP) is 0.594. The molecule has 60 valence electrons. The topological polar surface area (TPSA) is 24.1 Å². The number of rotatable bonds is 1. The number of likely N-dealkylation sites (N-methyl/N-ethyl adjacent to an activating group) is 1. The van der Waals surface area contributed by atoms with Crippen molar-refractivity contribution in [2.75, 3.05) is 20.1 Å². The van der Waals surface area contributed by atoms with Crippen LogP contribution in [0.25, 0.3) is 0 Å². The van der Waals surface area contributed by atoms with Crippen molar-refractivity contribution in [3.8, 4) is 0 Å². The van der Waals surface area contributed by atoms with Crippen molar-refractivity contribution < 1.29 is 0 Å². The van der Waals surface area contributed by atoms with Crippen molar-refractivity contribution in [2.24, 2.45) is 5.92 Å². The molecule has 10 heavy (non-hydrogen) atoms. The van der Waals surface area contributed by atoms with E-state index in [0.717, 1.165) is 12.5 Å². The smallest absolute Gasteiger partial charge is 0.0189 e. The van der Waals surface area contributed by atoms with Gasteiger partial charge in [0.2, 0.25) is 0 Å². The van der Waals surface area contributed by atoms with E-state index in [2.05, 4.69) is 17.6 Å². The maximum atomic E-state index is 3.44. The number of hydrogen-bond donors (Lipinski definition) is 2. The van der Waals surface area contributed by atoms with Crippen LogP contribution in [0.15, 0.2) is 0 Å². The zero-order valence-corrected chi connectivity index (χ0v) is 6.98. The Bertz CT molecular complexity index is 93.3. The van der Waals surface area contributed by atoms with Gasteiger partial charge in [-0.05, 0) is 32.4 Å². The lowest BCUT2D eigenvalue weighted by Crippen LogP contribution is -2.34. The molecule has 0 saturated carbocycles. The minimum Gasteiger partial charge on any atom is -0.316 e. The third kappa shape index (κ3) is 2.27. The Balaban J connectivity index is 2.26. The molecule has 0 spiro atoms. The highest BCUT2D eigenvalue weighted by atomic mass is 15.0. The van der Waals surface area contributed by atoms with Crippen LogP contribution in [-0.2, 0) is 0 Å². The SMILES string of the molecule is CNC1CC[C@H](C)CNC1. The Hall–Kier alpha value is -0.0800. The molecule has 2 heteroatoms. The van der Waals surface area contributed by atoms with Crippen LogP contribution in [0.5, 0.6) is 0 Å². The van der Waals surface area contributed by atoms with Crippen molar-refractivity contribution in [3.63, 3.8) is 0 Å². The molecule has 2 atom stereocenters. The lowest BCUT2D eigenvalue weighted by molar-refractivity contribution is 0.495. The average Bonchev–Trinajstić information content (AvgIpc) is 2.14. The summed E-state index contributed by atoms with van der Waals surface area (Å²) in [5.74, 6) is 0.860. The van der Waals surface area contributed by atoms with Crippen molar-refractivity contribution in [1.29, 1.82) is 0 Å². The van der Waals surface area contributed by atoms with E-state index in [1.807, 2.05) is 7.05 Å².